The first-order valence-corrected chi connectivity index (χ1v) is 11.3. The second-order valence-corrected chi connectivity index (χ2v) is 8.02. The number of benzene rings is 2. The SMILES string of the molecule is O=C(NCCCCC(C(=O)NN=Cc1ccc(F)cc1)N1CCCCC1)c1ccccc1. The molecule has 2 N–H and O–H groups in total. The van der Waals surface area contributed by atoms with Gasteiger partial charge in [-0.05, 0) is 75.0 Å². The maximum absolute atomic E-state index is 13.0. The molecule has 2 aromatic carbocycles. The fraction of sp³-hybridized carbons (Fsp3) is 0.400. The van der Waals surface area contributed by atoms with Crippen molar-refractivity contribution in [3.05, 3.63) is 71.5 Å². The predicted molar refractivity (Wildman–Crippen MR) is 124 cm³/mol. The molecule has 6 nitrogen and oxygen atoms in total. The molecule has 0 saturated carbocycles. The van der Waals surface area contributed by atoms with E-state index < -0.39 is 0 Å². The average Bonchev–Trinajstić information content (AvgIpc) is 2.83. The van der Waals surface area contributed by atoms with Gasteiger partial charge in [0.15, 0.2) is 0 Å². The van der Waals surface area contributed by atoms with Crippen LogP contribution < -0.4 is 10.7 Å². The Morgan fingerprint density at radius 2 is 1.72 bits per heavy atom. The first kappa shape index (κ1) is 23.6. The number of carbonyl (C=O) groups excluding carboxylic acids is 2. The lowest BCUT2D eigenvalue weighted by atomic mass is 10.0. The summed E-state index contributed by atoms with van der Waals surface area (Å²) >= 11 is 0. The Hall–Kier alpha value is -3.06. The number of halogens is 1. The van der Waals surface area contributed by atoms with Gasteiger partial charge in [0.25, 0.3) is 11.8 Å². The van der Waals surface area contributed by atoms with Crippen molar-refractivity contribution in [2.75, 3.05) is 19.6 Å². The summed E-state index contributed by atoms with van der Waals surface area (Å²) in [6.07, 6.45) is 7.23. The molecule has 1 saturated heterocycles. The summed E-state index contributed by atoms with van der Waals surface area (Å²) in [5.41, 5.74) is 4.02. The smallest absolute Gasteiger partial charge is 0.257 e. The van der Waals surface area contributed by atoms with Gasteiger partial charge >= 0.3 is 0 Å². The van der Waals surface area contributed by atoms with Crippen LogP contribution in [-0.4, -0.2) is 48.6 Å². The normalized spacial score (nSPS) is 15.4. The monoisotopic (exact) mass is 438 g/mol. The Morgan fingerprint density at radius 1 is 1.00 bits per heavy atom. The second-order valence-electron chi connectivity index (χ2n) is 8.02. The highest BCUT2D eigenvalue weighted by molar-refractivity contribution is 5.94. The maximum atomic E-state index is 13.0. The molecular weight excluding hydrogens is 407 g/mol. The lowest BCUT2D eigenvalue weighted by Gasteiger charge is -2.33. The molecule has 1 heterocycles. The number of hydrogen-bond donors (Lipinski definition) is 2. The van der Waals surface area contributed by atoms with E-state index in [9.17, 15) is 14.0 Å². The molecule has 0 radical (unpaired) electrons. The molecule has 0 aliphatic carbocycles. The molecule has 170 valence electrons. The van der Waals surface area contributed by atoms with Gasteiger partial charge in [0.2, 0.25) is 0 Å². The number of amides is 2. The number of hydrazone groups is 1. The van der Waals surface area contributed by atoms with E-state index in [0.29, 0.717) is 18.5 Å². The van der Waals surface area contributed by atoms with E-state index in [1.54, 1.807) is 24.3 Å². The van der Waals surface area contributed by atoms with Crippen LogP contribution in [0.25, 0.3) is 0 Å². The number of nitrogens with zero attached hydrogens (tertiary/aromatic N) is 2. The summed E-state index contributed by atoms with van der Waals surface area (Å²) in [6, 6.07) is 14.8. The Labute approximate surface area is 188 Å². The first-order valence-electron chi connectivity index (χ1n) is 11.3. The van der Waals surface area contributed by atoms with Crippen LogP contribution in [0.4, 0.5) is 4.39 Å². The van der Waals surface area contributed by atoms with Crippen LogP contribution in [-0.2, 0) is 4.79 Å². The summed E-state index contributed by atoms with van der Waals surface area (Å²) in [5, 5.41) is 6.99. The average molecular weight is 439 g/mol. The highest BCUT2D eigenvalue weighted by Gasteiger charge is 2.26. The fourth-order valence-electron chi connectivity index (χ4n) is 3.86. The van der Waals surface area contributed by atoms with Crippen molar-refractivity contribution >= 4 is 18.0 Å². The maximum Gasteiger partial charge on any atom is 0.257 e. The minimum atomic E-state index is -0.309. The minimum Gasteiger partial charge on any atom is -0.352 e. The zero-order chi connectivity index (χ0) is 22.6. The van der Waals surface area contributed by atoms with Crippen molar-refractivity contribution in [1.29, 1.82) is 0 Å². The molecule has 0 spiro atoms. The minimum absolute atomic E-state index is 0.0777. The third kappa shape index (κ3) is 7.57. The van der Waals surface area contributed by atoms with Crippen molar-refractivity contribution in [3.8, 4) is 0 Å². The van der Waals surface area contributed by atoms with Gasteiger partial charge < -0.3 is 5.32 Å². The molecule has 1 unspecified atom stereocenters. The van der Waals surface area contributed by atoms with Crippen LogP contribution in [0.1, 0.15) is 54.4 Å². The van der Waals surface area contributed by atoms with Crippen molar-refractivity contribution in [3.63, 3.8) is 0 Å². The molecule has 2 aromatic rings. The predicted octanol–water partition coefficient (Wildman–Crippen LogP) is 3.73. The zero-order valence-electron chi connectivity index (χ0n) is 18.3. The van der Waals surface area contributed by atoms with Crippen LogP contribution in [0.3, 0.4) is 0 Å². The third-order valence-electron chi connectivity index (χ3n) is 5.62. The van der Waals surface area contributed by atoms with Crippen molar-refractivity contribution in [1.82, 2.24) is 15.6 Å². The molecule has 0 bridgehead atoms. The van der Waals surface area contributed by atoms with Gasteiger partial charge in [0, 0.05) is 12.1 Å². The zero-order valence-corrected chi connectivity index (χ0v) is 18.3. The lowest BCUT2D eigenvalue weighted by Crippen LogP contribution is -2.47. The summed E-state index contributed by atoms with van der Waals surface area (Å²) in [5.74, 6) is -0.513. The largest absolute Gasteiger partial charge is 0.352 e. The standard InChI is InChI=1S/C25H31FN4O2/c26-22-14-12-20(13-15-22)19-28-29-25(32)23(30-17-7-2-8-18-30)11-5-6-16-27-24(31)21-9-3-1-4-10-21/h1,3-4,9-10,12-15,19,23H,2,5-8,11,16-18H2,(H,27,31)(H,29,32). The summed E-state index contributed by atoms with van der Waals surface area (Å²) in [6.45, 7) is 2.39. The van der Waals surface area contributed by atoms with Crippen LogP contribution in [0.5, 0.6) is 0 Å². The number of nitrogens with one attached hydrogen (secondary N) is 2. The van der Waals surface area contributed by atoms with Gasteiger partial charge in [-0.25, -0.2) is 9.82 Å². The lowest BCUT2D eigenvalue weighted by molar-refractivity contribution is -0.127. The van der Waals surface area contributed by atoms with Crippen LogP contribution in [0.15, 0.2) is 59.7 Å². The number of hydrogen-bond acceptors (Lipinski definition) is 4. The van der Waals surface area contributed by atoms with Crippen molar-refractivity contribution < 1.29 is 14.0 Å². The molecule has 2 amide bonds. The Kier molecular flexibility index (Phi) is 9.37. The number of unbranched alkanes of at least 4 members (excludes halogenated alkanes) is 1. The van der Waals surface area contributed by atoms with Gasteiger partial charge in [-0.15, -0.1) is 0 Å². The molecule has 1 fully saturated rings. The van der Waals surface area contributed by atoms with Gasteiger partial charge in [0.05, 0.1) is 12.3 Å². The van der Waals surface area contributed by atoms with Crippen molar-refractivity contribution in [2.45, 2.75) is 44.6 Å². The second kappa shape index (κ2) is 12.7. The Morgan fingerprint density at radius 3 is 2.44 bits per heavy atom. The first-order chi connectivity index (χ1) is 15.6. The molecule has 0 aromatic heterocycles. The van der Waals surface area contributed by atoms with Crippen LogP contribution in [0.2, 0.25) is 0 Å². The van der Waals surface area contributed by atoms with E-state index in [1.165, 1.54) is 24.8 Å². The highest BCUT2D eigenvalue weighted by atomic mass is 19.1. The third-order valence-corrected chi connectivity index (χ3v) is 5.62. The highest BCUT2D eigenvalue weighted by Crippen LogP contribution is 2.16. The Bertz CT molecular complexity index is 881. The number of rotatable bonds is 10. The molecule has 1 aliphatic heterocycles. The molecule has 1 aliphatic rings. The molecular formula is C25H31FN4O2. The van der Waals surface area contributed by atoms with Gasteiger partial charge in [-0.3, -0.25) is 14.5 Å². The van der Waals surface area contributed by atoms with E-state index in [2.05, 4.69) is 20.7 Å². The van der Waals surface area contributed by atoms with E-state index in [-0.39, 0.29) is 23.7 Å². The van der Waals surface area contributed by atoms with Crippen LogP contribution >= 0.6 is 0 Å². The molecule has 1 atom stereocenters. The molecule has 7 heteroatoms. The van der Waals surface area contributed by atoms with Gasteiger partial charge in [-0.1, -0.05) is 36.8 Å². The summed E-state index contributed by atoms with van der Waals surface area (Å²) in [7, 11) is 0. The van der Waals surface area contributed by atoms with Gasteiger partial charge in [-0.2, -0.15) is 5.10 Å². The van der Waals surface area contributed by atoms with E-state index in [4.69, 9.17) is 0 Å². The van der Waals surface area contributed by atoms with Crippen LogP contribution in [0, 0.1) is 5.82 Å². The van der Waals surface area contributed by atoms with Gasteiger partial charge in [0.1, 0.15) is 5.82 Å². The fourth-order valence-corrected chi connectivity index (χ4v) is 3.86. The topological polar surface area (TPSA) is 73.8 Å². The Balaban J connectivity index is 1.47. The van der Waals surface area contributed by atoms with E-state index >= 15 is 0 Å². The van der Waals surface area contributed by atoms with Crippen molar-refractivity contribution in [2.24, 2.45) is 5.10 Å². The molecule has 32 heavy (non-hydrogen) atoms. The number of carbonyl (C=O) groups is 2. The quantitative estimate of drug-likeness (QED) is 0.337. The molecule has 3 rings (SSSR count). The number of likely N-dealkylation sites (tertiary alicyclic amines) is 1. The number of piperidine rings is 1. The summed E-state index contributed by atoms with van der Waals surface area (Å²) in [4.78, 5) is 27.2. The van der Waals surface area contributed by atoms with E-state index in [1.807, 2.05) is 18.2 Å². The summed E-state index contributed by atoms with van der Waals surface area (Å²) < 4.78 is 13.0. The van der Waals surface area contributed by atoms with E-state index in [0.717, 1.165) is 44.3 Å².